The maximum absolute atomic E-state index is 10.6. The van der Waals surface area contributed by atoms with Gasteiger partial charge in [0.15, 0.2) is 0 Å². The number of nitrogens with zero attached hydrogens (tertiary/aromatic N) is 4. The molecule has 0 radical (unpaired) electrons. The number of carbonyl (C=O) groups is 1. The second-order valence-electron chi connectivity index (χ2n) is 3.23. The zero-order chi connectivity index (χ0) is 11.5. The molecule has 1 aromatic carbocycles. The molecular formula is C10H10N4O2. The van der Waals surface area contributed by atoms with E-state index in [1.807, 2.05) is 24.3 Å². The minimum absolute atomic E-state index is 0.306. The Labute approximate surface area is 91.5 Å². The third-order valence-electron chi connectivity index (χ3n) is 2.18. The van der Waals surface area contributed by atoms with E-state index < -0.39 is 5.97 Å². The van der Waals surface area contributed by atoms with E-state index in [-0.39, 0.29) is 5.82 Å². The van der Waals surface area contributed by atoms with Crippen molar-refractivity contribution in [3.63, 3.8) is 0 Å². The van der Waals surface area contributed by atoms with Gasteiger partial charge in [0.1, 0.15) is 0 Å². The number of hydrogen-bond donors (Lipinski definition) is 1. The summed E-state index contributed by atoms with van der Waals surface area (Å²) in [5.41, 5.74) is 1.89. The number of aryl methyl sites for hydroxylation is 1. The first kappa shape index (κ1) is 10.3. The average molecular weight is 218 g/mol. The highest BCUT2D eigenvalue weighted by atomic mass is 16.4. The van der Waals surface area contributed by atoms with E-state index >= 15 is 0 Å². The Bertz CT molecular complexity index is 504. The average Bonchev–Trinajstić information content (AvgIpc) is 2.78. The van der Waals surface area contributed by atoms with Gasteiger partial charge in [0.25, 0.3) is 5.82 Å². The maximum atomic E-state index is 10.6. The van der Waals surface area contributed by atoms with E-state index in [9.17, 15) is 4.79 Å². The Morgan fingerprint density at radius 3 is 2.56 bits per heavy atom. The Balaban J connectivity index is 2.31. The van der Waals surface area contributed by atoms with Crippen LogP contribution in [0.1, 0.15) is 23.1 Å². The van der Waals surface area contributed by atoms with Crippen LogP contribution in [0.3, 0.4) is 0 Å². The van der Waals surface area contributed by atoms with E-state index in [0.717, 1.165) is 6.42 Å². The zero-order valence-electron chi connectivity index (χ0n) is 8.66. The smallest absolute Gasteiger partial charge is 0.377 e. The van der Waals surface area contributed by atoms with Gasteiger partial charge < -0.3 is 5.11 Å². The summed E-state index contributed by atoms with van der Waals surface area (Å²) >= 11 is 0. The molecule has 6 nitrogen and oxygen atoms in total. The summed E-state index contributed by atoms with van der Waals surface area (Å²) in [7, 11) is 0. The predicted molar refractivity (Wildman–Crippen MR) is 55.5 cm³/mol. The van der Waals surface area contributed by atoms with E-state index in [0.29, 0.717) is 5.69 Å². The summed E-state index contributed by atoms with van der Waals surface area (Å²) in [5.74, 6) is -1.49. The summed E-state index contributed by atoms with van der Waals surface area (Å²) in [6.45, 7) is 2.06. The number of rotatable bonds is 3. The molecule has 0 saturated heterocycles. The molecule has 82 valence electrons. The van der Waals surface area contributed by atoms with Crippen LogP contribution in [0.25, 0.3) is 5.69 Å². The van der Waals surface area contributed by atoms with Gasteiger partial charge in [0, 0.05) is 0 Å². The van der Waals surface area contributed by atoms with Crippen LogP contribution in [0.2, 0.25) is 0 Å². The van der Waals surface area contributed by atoms with Crippen molar-refractivity contribution in [1.29, 1.82) is 0 Å². The summed E-state index contributed by atoms with van der Waals surface area (Å²) in [6.07, 6.45) is 0.950. The van der Waals surface area contributed by atoms with Gasteiger partial charge in [0.2, 0.25) is 0 Å². The summed E-state index contributed by atoms with van der Waals surface area (Å²) in [4.78, 5) is 11.8. The number of tetrazole rings is 1. The molecule has 16 heavy (non-hydrogen) atoms. The van der Waals surface area contributed by atoms with Crippen molar-refractivity contribution in [2.45, 2.75) is 13.3 Å². The van der Waals surface area contributed by atoms with Crippen LogP contribution in [0.15, 0.2) is 24.3 Å². The number of hydrogen-bond acceptors (Lipinski definition) is 4. The molecule has 0 fully saturated rings. The first-order valence-electron chi connectivity index (χ1n) is 4.83. The molecule has 0 aliphatic rings. The Morgan fingerprint density at radius 2 is 2.06 bits per heavy atom. The quantitative estimate of drug-likeness (QED) is 0.828. The molecule has 0 unspecified atom stereocenters. The van der Waals surface area contributed by atoms with Crippen LogP contribution in [-0.2, 0) is 6.42 Å². The molecular weight excluding hydrogens is 208 g/mol. The molecule has 0 saturated carbocycles. The van der Waals surface area contributed by atoms with Crippen LogP contribution in [-0.4, -0.2) is 31.3 Å². The molecule has 2 rings (SSSR count). The lowest BCUT2D eigenvalue weighted by molar-refractivity contribution is 0.0683. The second kappa shape index (κ2) is 4.09. The van der Waals surface area contributed by atoms with Gasteiger partial charge in [-0.3, -0.25) is 0 Å². The fourth-order valence-corrected chi connectivity index (χ4v) is 1.27. The van der Waals surface area contributed by atoms with Crippen LogP contribution >= 0.6 is 0 Å². The molecule has 1 heterocycles. The van der Waals surface area contributed by atoms with Crippen molar-refractivity contribution in [3.8, 4) is 5.69 Å². The monoisotopic (exact) mass is 218 g/mol. The zero-order valence-corrected chi connectivity index (χ0v) is 8.66. The normalized spacial score (nSPS) is 10.3. The van der Waals surface area contributed by atoms with E-state index in [4.69, 9.17) is 5.11 Å². The highest BCUT2D eigenvalue weighted by Gasteiger charge is 2.10. The van der Waals surface area contributed by atoms with Crippen LogP contribution in [0.4, 0.5) is 0 Å². The minimum atomic E-state index is -1.18. The lowest BCUT2D eigenvalue weighted by atomic mass is 10.2. The van der Waals surface area contributed by atoms with Gasteiger partial charge in [-0.25, -0.2) is 4.79 Å². The molecule has 1 N–H and O–H groups in total. The van der Waals surface area contributed by atoms with Crippen molar-refractivity contribution in [2.75, 3.05) is 0 Å². The molecule has 0 aliphatic carbocycles. The molecule has 0 aliphatic heterocycles. The van der Waals surface area contributed by atoms with Crippen molar-refractivity contribution < 1.29 is 9.90 Å². The number of benzene rings is 1. The fraction of sp³-hybridized carbons (Fsp3) is 0.200. The largest absolute Gasteiger partial charge is 0.475 e. The first-order chi connectivity index (χ1) is 7.70. The lowest BCUT2D eigenvalue weighted by Crippen LogP contribution is -2.02. The standard InChI is InChI=1S/C10H10N4O2/c1-2-7-3-5-8(6-4-7)14-12-9(10(15)16)11-13-14/h3-6H,2H2,1H3,(H,15,16). The number of carboxylic acid groups (broad SMARTS) is 1. The van der Waals surface area contributed by atoms with Crippen molar-refractivity contribution in [1.82, 2.24) is 20.2 Å². The van der Waals surface area contributed by atoms with Gasteiger partial charge in [0.05, 0.1) is 5.69 Å². The molecule has 6 heteroatoms. The Hall–Kier alpha value is -2.24. The van der Waals surface area contributed by atoms with Crippen LogP contribution < -0.4 is 0 Å². The van der Waals surface area contributed by atoms with Gasteiger partial charge >= 0.3 is 5.97 Å². The molecule has 0 atom stereocenters. The molecule has 2 aromatic rings. The third kappa shape index (κ3) is 1.90. The molecule has 1 aromatic heterocycles. The predicted octanol–water partition coefficient (Wildman–Crippen LogP) is 0.923. The number of aromatic carboxylic acids is 1. The fourth-order valence-electron chi connectivity index (χ4n) is 1.27. The van der Waals surface area contributed by atoms with Crippen molar-refractivity contribution >= 4 is 5.97 Å². The number of aromatic nitrogens is 4. The van der Waals surface area contributed by atoms with E-state index in [1.54, 1.807) is 0 Å². The molecule has 0 bridgehead atoms. The second-order valence-corrected chi connectivity index (χ2v) is 3.23. The van der Waals surface area contributed by atoms with Gasteiger partial charge in [-0.2, -0.15) is 0 Å². The highest BCUT2D eigenvalue weighted by molar-refractivity contribution is 5.82. The topological polar surface area (TPSA) is 80.9 Å². The maximum Gasteiger partial charge on any atom is 0.377 e. The Kier molecular flexibility index (Phi) is 2.63. The first-order valence-corrected chi connectivity index (χ1v) is 4.83. The lowest BCUT2D eigenvalue weighted by Gasteiger charge is -1.99. The number of carboxylic acids is 1. The SMILES string of the molecule is CCc1ccc(-n2nnc(C(=O)O)n2)cc1. The van der Waals surface area contributed by atoms with Crippen LogP contribution in [0.5, 0.6) is 0 Å². The summed E-state index contributed by atoms with van der Waals surface area (Å²) in [5, 5.41) is 19.5. The highest BCUT2D eigenvalue weighted by Crippen LogP contribution is 2.07. The van der Waals surface area contributed by atoms with Gasteiger partial charge in [-0.1, -0.05) is 19.1 Å². The Morgan fingerprint density at radius 1 is 1.38 bits per heavy atom. The summed E-state index contributed by atoms with van der Waals surface area (Å²) < 4.78 is 0. The van der Waals surface area contributed by atoms with Crippen LogP contribution in [0, 0.1) is 0 Å². The van der Waals surface area contributed by atoms with Gasteiger partial charge in [-0.15, -0.1) is 15.0 Å². The molecule has 0 spiro atoms. The molecule has 0 amide bonds. The van der Waals surface area contributed by atoms with E-state index in [2.05, 4.69) is 22.3 Å². The minimum Gasteiger partial charge on any atom is -0.475 e. The van der Waals surface area contributed by atoms with E-state index in [1.165, 1.54) is 10.4 Å². The summed E-state index contributed by atoms with van der Waals surface area (Å²) in [6, 6.07) is 7.54. The van der Waals surface area contributed by atoms with Gasteiger partial charge in [-0.05, 0) is 29.3 Å². The third-order valence-corrected chi connectivity index (χ3v) is 2.18. The van der Waals surface area contributed by atoms with Crippen molar-refractivity contribution in [2.24, 2.45) is 0 Å². The van der Waals surface area contributed by atoms with Crippen molar-refractivity contribution in [3.05, 3.63) is 35.7 Å².